The molecule has 9 heteroatoms. The van der Waals surface area contributed by atoms with E-state index in [2.05, 4.69) is 27.6 Å². The van der Waals surface area contributed by atoms with Crippen molar-refractivity contribution in [3.8, 4) is 16.2 Å². The van der Waals surface area contributed by atoms with Gasteiger partial charge >= 0.3 is 0 Å². The number of rotatable bonds is 4. The number of aryl methyl sites for hydroxylation is 1. The molecule has 4 heterocycles. The maximum Gasteiger partial charge on any atom is 0.278 e. The molecule has 7 nitrogen and oxygen atoms in total. The maximum absolute atomic E-state index is 13.7. The average molecular weight is 555 g/mol. The Morgan fingerprint density at radius 1 is 1.08 bits per heavy atom. The number of amides is 1. The molecule has 2 aromatic carbocycles. The van der Waals surface area contributed by atoms with Gasteiger partial charge in [-0.05, 0) is 66.2 Å². The molecule has 1 atom stereocenters. The number of fused-ring (bicyclic) bond motifs is 5. The summed E-state index contributed by atoms with van der Waals surface area (Å²) >= 11 is 7.90. The summed E-state index contributed by atoms with van der Waals surface area (Å²) in [6.07, 6.45) is 2.07. The Labute approximate surface area is 232 Å². The third kappa shape index (κ3) is 3.78. The lowest BCUT2D eigenvalue weighted by Gasteiger charge is -2.23. The van der Waals surface area contributed by atoms with Gasteiger partial charge in [0.1, 0.15) is 17.1 Å². The molecule has 4 N–H and O–H groups in total. The zero-order valence-corrected chi connectivity index (χ0v) is 22.4. The summed E-state index contributed by atoms with van der Waals surface area (Å²) in [5, 5.41) is 17.6. The number of aromatic hydroxyl groups is 1. The molecule has 1 aliphatic rings. The van der Waals surface area contributed by atoms with Gasteiger partial charge in [-0.25, -0.2) is 0 Å². The first kappa shape index (κ1) is 23.8. The molecule has 0 saturated heterocycles. The number of thiophene rings is 1. The van der Waals surface area contributed by atoms with E-state index in [0.29, 0.717) is 29.4 Å². The Hall–Kier alpha value is -4.27. The molecular weight excluding hydrogens is 532 g/mol. The molecule has 1 unspecified atom stereocenters. The van der Waals surface area contributed by atoms with E-state index in [1.54, 1.807) is 23.5 Å². The molecule has 0 saturated carbocycles. The smallest absolute Gasteiger partial charge is 0.278 e. The number of nitrogens with zero attached hydrogens (tertiary/aromatic N) is 1. The number of aromatic nitrogens is 3. The summed E-state index contributed by atoms with van der Waals surface area (Å²) in [6, 6.07) is 16.8. The van der Waals surface area contributed by atoms with Crippen molar-refractivity contribution < 1.29 is 14.7 Å². The van der Waals surface area contributed by atoms with Gasteiger partial charge in [-0.3, -0.25) is 14.2 Å². The normalized spacial score (nSPS) is 14.5. The van der Waals surface area contributed by atoms with Crippen molar-refractivity contribution >= 4 is 62.2 Å². The Morgan fingerprint density at radius 3 is 2.67 bits per heavy atom. The van der Waals surface area contributed by atoms with Crippen LogP contribution in [0.1, 0.15) is 43.7 Å². The van der Waals surface area contributed by atoms with Gasteiger partial charge in [-0.15, -0.1) is 22.9 Å². The first-order chi connectivity index (χ1) is 18.9. The Kier molecular flexibility index (Phi) is 5.43. The zero-order valence-electron chi connectivity index (χ0n) is 20.8. The van der Waals surface area contributed by atoms with E-state index in [-0.39, 0.29) is 23.5 Å². The van der Waals surface area contributed by atoms with Gasteiger partial charge in [0.2, 0.25) is 0 Å². The molecule has 4 aromatic heterocycles. The minimum absolute atomic E-state index is 0.0763. The number of carbonyl (C=O) groups excluding carboxylic acids is 2. The lowest BCUT2D eigenvalue weighted by molar-refractivity contribution is 0.0951. The largest absolute Gasteiger partial charge is 0.506 e. The van der Waals surface area contributed by atoms with Gasteiger partial charge < -0.3 is 20.4 Å². The molecule has 0 spiro atoms. The quantitative estimate of drug-likeness (QED) is 0.176. The molecular formula is C30H23ClN4O3S. The van der Waals surface area contributed by atoms with Crippen LogP contribution in [-0.4, -0.2) is 37.3 Å². The third-order valence-corrected chi connectivity index (χ3v) is 8.98. The summed E-state index contributed by atoms with van der Waals surface area (Å²) in [5.41, 5.74) is 6.94. The minimum Gasteiger partial charge on any atom is -0.506 e. The fourth-order valence-electron chi connectivity index (χ4n) is 5.63. The number of carbonyl (C=O) groups is 2. The first-order valence-corrected chi connectivity index (χ1v) is 14.0. The number of hydrogen-bond donors (Lipinski definition) is 4. The van der Waals surface area contributed by atoms with Gasteiger partial charge in [0.25, 0.3) is 11.8 Å². The lowest BCUT2D eigenvalue weighted by atomic mass is 9.85. The van der Waals surface area contributed by atoms with Gasteiger partial charge in [0.15, 0.2) is 0 Å². The summed E-state index contributed by atoms with van der Waals surface area (Å²) in [7, 11) is 0. The highest BCUT2D eigenvalue weighted by molar-refractivity contribution is 7.14. The Bertz CT molecular complexity index is 1910. The van der Waals surface area contributed by atoms with Crippen LogP contribution in [0.3, 0.4) is 0 Å². The number of H-pyrrole nitrogens is 2. The fourth-order valence-corrected chi connectivity index (χ4v) is 7.11. The highest BCUT2D eigenvalue weighted by atomic mass is 35.5. The van der Waals surface area contributed by atoms with Crippen LogP contribution < -0.4 is 5.32 Å². The number of halogens is 1. The second-order valence-electron chi connectivity index (χ2n) is 9.94. The van der Waals surface area contributed by atoms with E-state index in [0.717, 1.165) is 49.1 Å². The predicted octanol–water partition coefficient (Wildman–Crippen LogP) is 7.01. The molecule has 0 fully saturated rings. The molecule has 0 aliphatic heterocycles. The zero-order chi connectivity index (χ0) is 26.8. The highest BCUT2D eigenvalue weighted by Crippen LogP contribution is 2.49. The van der Waals surface area contributed by atoms with Crippen LogP contribution in [-0.2, 0) is 6.42 Å². The standard InChI is InChI=1S/C30H23ClN4O3S/c1-15-14-39-28-26(15)18(12-31)11-24-27(28)25(36)13-35(24)30(38)23-10-17-8-19(6-7-21(17)34-23)32-29(37)22-9-16-4-2-3-5-20(16)33-22/h2-10,13-14,18,33-34,36H,11-12H2,1H3,(H,32,37). The maximum atomic E-state index is 13.7. The van der Waals surface area contributed by atoms with Gasteiger partial charge in [-0.2, -0.15) is 0 Å². The van der Waals surface area contributed by atoms with E-state index >= 15 is 0 Å². The second-order valence-corrected chi connectivity index (χ2v) is 11.1. The Morgan fingerprint density at radius 2 is 1.85 bits per heavy atom. The number of alkyl halides is 1. The van der Waals surface area contributed by atoms with Crippen LogP contribution in [0, 0.1) is 6.92 Å². The van der Waals surface area contributed by atoms with Crippen LogP contribution >= 0.6 is 22.9 Å². The lowest BCUT2D eigenvalue weighted by Crippen LogP contribution is -2.19. The number of anilines is 1. The van der Waals surface area contributed by atoms with Crippen LogP contribution in [0.25, 0.3) is 32.2 Å². The van der Waals surface area contributed by atoms with Crippen LogP contribution in [0.5, 0.6) is 5.75 Å². The van der Waals surface area contributed by atoms with Gasteiger partial charge in [-0.1, -0.05) is 18.2 Å². The van der Waals surface area contributed by atoms with Crippen molar-refractivity contribution in [3.63, 3.8) is 0 Å². The predicted molar refractivity (Wildman–Crippen MR) is 156 cm³/mol. The highest BCUT2D eigenvalue weighted by Gasteiger charge is 2.34. The topological polar surface area (TPSA) is 103 Å². The van der Waals surface area contributed by atoms with Gasteiger partial charge in [0, 0.05) is 49.9 Å². The third-order valence-electron chi connectivity index (χ3n) is 7.47. The van der Waals surface area contributed by atoms with Crippen molar-refractivity contribution in [1.82, 2.24) is 14.5 Å². The molecule has 7 rings (SSSR count). The molecule has 0 radical (unpaired) electrons. The monoisotopic (exact) mass is 554 g/mol. The van der Waals surface area contributed by atoms with E-state index < -0.39 is 0 Å². The SMILES string of the molecule is Cc1csc2c1C(CCl)Cc1c-2c(O)cn1C(=O)c1cc2cc(NC(=O)c3cc4ccccc4[nH]3)ccc2[nH]1. The van der Waals surface area contributed by atoms with Crippen molar-refractivity contribution in [2.24, 2.45) is 0 Å². The number of hydrogen-bond acceptors (Lipinski definition) is 4. The van der Waals surface area contributed by atoms with Crippen molar-refractivity contribution in [3.05, 3.63) is 94.4 Å². The van der Waals surface area contributed by atoms with Crippen LogP contribution in [0.4, 0.5) is 5.69 Å². The summed E-state index contributed by atoms with van der Waals surface area (Å²) in [4.78, 5) is 33.8. The number of nitrogens with one attached hydrogen (secondary N) is 3. The van der Waals surface area contributed by atoms with Crippen molar-refractivity contribution in [1.29, 1.82) is 0 Å². The van der Waals surface area contributed by atoms with Crippen molar-refractivity contribution in [2.45, 2.75) is 19.3 Å². The fraction of sp³-hybridized carbons (Fsp3) is 0.133. The Balaban J connectivity index is 1.19. The molecule has 0 bridgehead atoms. The van der Waals surface area contributed by atoms with E-state index in [1.807, 2.05) is 42.5 Å². The van der Waals surface area contributed by atoms with E-state index in [1.165, 1.54) is 10.8 Å². The summed E-state index contributed by atoms with van der Waals surface area (Å²) in [5.74, 6) is 0.0871. The number of para-hydroxylation sites is 1. The van der Waals surface area contributed by atoms with Crippen LogP contribution in [0.15, 0.2) is 66.2 Å². The average Bonchev–Trinajstić information content (AvgIpc) is 3.71. The summed E-state index contributed by atoms with van der Waals surface area (Å²) in [6.45, 7) is 2.06. The minimum atomic E-state index is -0.267. The number of benzene rings is 2. The molecule has 6 aromatic rings. The van der Waals surface area contributed by atoms with Crippen molar-refractivity contribution in [2.75, 3.05) is 11.2 Å². The number of aromatic amines is 2. The molecule has 39 heavy (non-hydrogen) atoms. The summed E-state index contributed by atoms with van der Waals surface area (Å²) < 4.78 is 1.53. The first-order valence-electron chi connectivity index (χ1n) is 12.6. The second kappa shape index (κ2) is 8.90. The van der Waals surface area contributed by atoms with E-state index in [9.17, 15) is 14.7 Å². The van der Waals surface area contributed by atoms with E-state index in [4.69, 9.17) is 11.6 Å². The molecule has 1 amide bonds. The van der Waals surface area contributed by atoms with Gasteiger partial charge in [0.05, 0.1) is 11.8 Å². The molecule has 194 valence electrons. The molecule has 1 aliphatic carbocycles. The van der Waals surface area contributed by atoms with Crippen LogP contribution in [0.2, 0.25) is 0 Å².